The maximum atomic E-state index is 11.9. The lowest BCUT2D eigenvalue weighted by Gasteiger charge is -2.14. The molecular weight excluding hydrogens is 274 g/mol. The summed E-state index contributed by atoms with van der Waals surface area (Å²) in [5.74, 6) is -0.707. The van der Waals surface area contributed by atoms with Crippen LogP contribution < -0.4 is 0 Å². The largest absolute Gasteiger partial charge is 0.463 e. The second-order valence-electron chi connectivity index (χ2n) is 4.09. The molecule has 0 aromatic heterocycles. The molecule has 0 heterocycles. The Morgan fingerprint density at radius 3 is 2.71 bits per heavy atom. The van der Waals surface area contributed by atoms with Gasteiger partial charge in [-0.2, -0.15) is 0 Å². The number of esters is 1. The van der Waals surface area contributed by atoms with Crippen molar-refractivity contribution in [2.75, 3.05) is 6.61 Å². The molecule has 0 fully saturated rings. The van der Waals surface area contributed by atoms with Crippen molar-refractivity contribution in [3.05, 3.63) is 63.7 Å². The second kappa shape index (κ2) is 7.96. The van der Waals surface area contributed by atoms with Crippen LogP contribution in [0.1, 0.15) is 25.5 Å². The number of aliphatic hydroxyl groups excluding tert-OH is 1. The van der Waals surface area contributed by atoms with Gasteiger partial charge in [0.15, 0.2) is 0 Å². The standard InChI is InChI=1S/C15H17NO5/c1-3-5-8-12(15(18)21-4-2)14(17)11-9-6-7-10-13(11)16(19)20/h3,5-10,14,17H,4H2,1-2H3/b5-3-,12-8+. The summed E-state index contributed by atoms with van der Waals surface area (Å²) >= 11 is 0. The summed E-state index contributed by atoms with van der Waals surface area (Å²) in [6.45, 7) is 3.54. The second-order valence-corrected chi connectivity index (χ2v) is 4.09. The van der Waals surface area contributed by atoms with Gasteiger partial charge in [0.2, 0.25) is 0 Å². The molecule has 6 heteroatoms. The molecule has 1 atom stereocenters. The van der Waals surface area contributed by atoms with Gasteiger partial charge in [-0.3, -0.25) is 10.1 Å². The Balaban J connectivity index is 3.26. The van der Waals surface area contributed by atoms with Crippen LogP contribution in [-0.4, -0.2) is 22.6 Å². The number of allylic oxidation sites excluding steroid dienone is 3. The van der Waals surface area contributed by atoms with Gasteiger partial charge < -0.3 is 9.84 Å². The fourth-order valence-electron chi connectivity index (χ4n) is 1.74. The van der Waals surface area contributed by atoms with Gasteiger partial charge in [0.1, 0.15) is 6.10 Å². The summed E-state index contributed by atoms with van der Waals surface area (Å²) in [5.41, 5.74) is -0.253. The van der Waals surface area contributed by atoms with Crippen LogP contribution in [0.25, 0.3) is 0 Å². The van der Waals surface area contributed by atoms with E-state index in [4.69, 9.17) is 4.74 Å². The molecule has 1 unspecified atom stereocenters. The number of aliphatic hydroxyl groups is 1. The number of nitro groups is 1. The molecule has 0 saturated carbocycles. The number of hydrogen-bond donors (Lipinski definition) is 1. The van der Waals surface area contributed by atoms with Crippen molar-refractivity contribution in [3.63, 3.8) is 0 Å². The smallest absolute Gasteiger partial charge is 0.337 e. The highest BCUT2D eigenvalue weighted by Gasteiger charge is 2.27. The van der Waals surface area contributed by atoms with Crippen LogP contribution >= 0.6 is 0 Å². The first-order chi connectivity index (χ1) is 10.0. The minimum atomic E-state index is -1.43. The van der Waals surface area contributed by atoms with Crippen LogP contribution in [0, 0.1) is 10.1 Å². The summed E-state index contributed by atoms with van der Waals surface area (Å²) in [5, 5.41) is 21.3. The molecule has 0 saturated heterocycles. The topological polar surface area (TPSA) is 89.7 Å². The van der Waals surface area contributed by atoms with Crippen molar-refractivity contribution >= 4 is 11.7 Å². The maximum Gasteiger partial charge on any atom is 0.337 e. The van der Waals surface area contributed by atoms with Crippen molar-refractivity contribution in [1.82, 2.24) is 0 Å². The molecule has 0 aliphatic rings. The van der Waals surface area contributed by atoms with Crippen LogP contribution in [-0.2, 0) is 9.53 Å². The van der Waals surface area contributed by atoms with Crippen molar-refractivity contribution in [3.8, 4) is 0 Å². The highest BCUT2D eigenvalue weighted by atomic mass is 16.6. The summed E-state index contributed by atoms with van der Waals surface area (Å²) in [6.07, 6.45) is 3.19. The van der Waals surface area contributed by atoms with Gasteiger partial charge in [-0.1, -0.05) is 24.3 Å². The molecule has 0 spiro atoms. The summed E-state index contributed by atoms with van der Waals surface area (Å²) in [4.78, 5) is 22.3. The van der Waals surface area contributed by atoms with Gasteiger partial charge in [0.25, 0.3) is 5.69 Å². The number of benzene rings is 1. The zero-order valence-corrected chi connectivity index (χ0v) is 11.9. The number of ether oxygens (including phenoxy) is 1. The van der Waals surface area contributed by atoms with Gasteiger partial charge in [-0.25, -0.2) is 4.79 Å². The first-order valence-corrected chi connectivity index (χ1v) is 6.44. The average Bonchev–Trinajstić information content (AvgIpc) is 2.47. The minimum absolute atomic E-state index is 0.0475. The van der Waals surface area contributed by atoms with E-state index >= 15 is 0 Å². The monoisotopic (exact) mass is 291 g/mol. The molecule has 1 rings (SSSR count). The van der Waals surface area contributed by atoms with Crippen LogP contribution in [0.2, 0.25) is 0 Å². The zero-order chi connectivity index (χ0) is 15.8. The Kier molecular flexibility index (Phi) is 6.29. The maximum absolute atomic E-state index is 11.9. The van der Waals surface area contributed by atoms with E-state index in [1.165, 1.54) is 24.3 Å². The predicted molar refractivity (Wildman–Crippen MR) is 77.6 cm³/mol. The Labute approximate surface area is 122 Å². The number of rotatable bonds is 6. The third kappa shape index (κ3) is 4.25. The van der Waals surface area contributed by atoms with Gasteiger partial charge >= 0.3 is 5.97 Å². The molecule has 112 valence electrons. The number of nitrogens with zero attached hydrogens (tertiary/aromatic N) is 1. The van der Waals surface area contributed by atoms with Crippen LogP contribution in [0.4, 0.5) is 5.69 Å². The van der Waals surface area contributed by atoms with Crippen molar-refractivity contribution in [1.29, 1.82) is 0 Å². The van der Waals surface area contributed by atoms with Gasteiger partial charge in [-0.15, -0.1) is 0 Å². The fourth-order valence-corrected chi connectivity index (χ4v) is 1.74. The van der Waals surface area contributed by atoms with E-state index in [9.17, 15) is 20.0 Å². The van der Waals surface area contributed by atoms with E-state index in [2.05, 4.69) is 0 Å². The van der Waals surface area contributed by atoms with Gasteiger partial charge in [0, 0.05) is 6.07 Å². The SMILES string of the molecule is C/C=C\C=C(\C(=O)OCC)C(O)c1ccccc1[N+](=O)[O-]. The summed E-state index contributed by atoms with van der Waals surface area (Å²) < 4.78 is 4.87. The fraction of sp³-hybridized carbons (Fsp3) is 0.267. The highest BCUT2D eigenvalue weighted by molar-refractivity contribution is 5.90. The average molecular weight is 291 g/mol. The van der Waals surface area contributed by atoms with Crippen molar-refractivity contribution < 1.29 is 19.6 Å². The quantitative estimate of drug-likeness (QED) is 0.286. The van der Waals surface area contributed by atoms with E-state index in [0.29, 0.717) is 0 Å². The molecule has 0 radical (unpaired) electrons. The Bertz CT molecular complexity index is 577. The van der Waals surface area contributed by atoms with E-state index in [1.807, 2.05) is 0 Å². The minimum Gasteiger partial charge on any atom is -0.463 e. The molecular formula is C15H17NO5. The van der Waals surface area contributed by atoms with E-state index in [-0.39, 0.29) is 23.4 Å². The lowest BCUT2D eigenvalue weighted by atomic mass is 9.99. The Hall–Kier alpha value is -2.47. The Morgan fingerprint density at radius 1 is 1.48 bits per heavy atom. The molecule has 0 bridgehead atoms. The molecule has 0 amide bonds. The van der Waals surface area contributed by atoms with E-state index < -0.39 is 17.0 Å². The van der Waals surface area contributed by atoms with E-state index in [0.717, 1.165) is 0 Å². The van der Waals surface area contributed by atoms with Crippen molar-refractivity contribution in [2.45, 2.75) is 20.0 Å². The number of nitro benzene ring substituents is 1. The first kappa shape index (κ1) is 16.6. The first-order valence-electron chi connectivity index (χ1n) is 6.44. The van der Waals surface area contributed by atoms with Crippen LogP contribution in [0.15, 0.2) is 48.1 Å². The van der Waals surface area contributed by atoms with E-state index in [1.54, 1.807) is 32.1 Å². The molecule has 1 aromatic rings. The number of para-hydroxylation sites is 1. The molecule has 6 nitrogen and oxygen atoms in total. The third-order valence-corrected chi connectivity index (χ3v) is 2.70. The van der Waals surface area contributed by atoms with Crippen molar-refractivity contribution in [2.24, 2.45) is 0 Å². The molecule has 0 aliphatic carbocycles. The lowest BCUT2D eigenvalue weighted by molar-refractivity contribution is -0.386. The Morgan fingerprint density at radius 2 is 2.14 bits per heavy atom. The third-order valence-electron chi connectivity index (χ3n) is 2.70. The van der Waals surface area contributed by atoms with Gasteiger partial charge in [0.05, 0.1) is 22.7 Å². The number of carbonyl (C=O) groups is 1. The predicted octanol–water partition coefficient (Wildman–Crippen LogP) is 2.69. The normalized spacial score (nSPS) is 13.2. The molecule has 1 N–H and O–H groups in total. The molecule has 1 aromatic carbocycles. The van der Waals surface area contributed by atoms with Gasteiger partial charge in [-0.05, 0) is 26.0 Å². The highest BCUT2D eigenvalue weighted by Crippen LogP contribution is 2.30. The molecule has 21 heavy (non-hydrogen) atoms. The zero-order valence-electron chi connectivity index (χ0n) is 11.9. The molecule has 0 aliphatic heterocycles. The lowest BCUT2D eigenvalue weighted by Crippen LogP contribution is -2.15. The van der Waals surface area contributed by atoms with Crippen LogP contribution in [0.5, 0.6) is 0 Å². The van der Waals surface area contributed by atoms with Crippen LogP contribution in [0.3, 0.4) is 0 Å². The summed E-state index contributed by atoms with van der Waals surface area (Å²) in [7, 11) is 0. The number of carbonyl (C=O) groups excluding carboxylic acids is 1. The summed E-state index contributed by atoms with van der Waals surface area (Å²) in [6, 6.07) is 5.74. The number of hydrogen-bond acceptors (Lipinski definition) is 5.